The summed E-state index contributed by atoms with van der Waals surface area (Å²) >= 11 is 0. The molecule has 0 aliphatic carbocycles. The predicted molar refractivity (Wildman–Crippen MR) is 106 cm³/mol. The van der Waals surface area contributed by atoms with Crippen molar-refractivity contribution in [1.29, 1.82) is 0 Å². The second-order valence-corrected chi connectivity index (χ2v) is 5.20. The van der Waals surface area contributed by atoms with Crippen molar-refractivity contribution in [3.8, 4) is 0 Å². The number of urea groups is 2. The normalized spacial score (nSPS) is 10.0. The van der Waals surface area contributed by atoms with Crippen LogP contribution < -0.4 is 22.1 Å². The average Bonchev–Trinajstić information content (AvgIpc) is 2.66. The first kappa shape index (κ1) is 21.8. The maximum absolute atomic E-state index is 10.9. The maximum Gasteiger partial charge on any atom is 0.319 e. The van der Waals surface area contributed by atoms with E-state index in [1.165, 1.54) is 12.2 Å². The molecule has 0 aliphatic heterocycles. The molecule has 0 aromatic heterocycles. The molecule has 0 aliphatic rings. The Morgan fingerprint density at radius 2 is 0.929 bits per heavy atom. The van der Waals surface area contributed by atoms with Gasteiger partial charge in [-0.05, 0) is 23.3 Å². The molecule has 2 aromatic carbocycles. The summed E-state index contributed by atoms with van der Waals surface area (Å²) in [4.78, 5) is 42.4. The van der Waals surface area contributed by atoms with Crippen molar-refractivity contribution in [2.75, 3.05) is 0 Å². The first-order valence-corrected chi connectivity index (χ1v) is 8.04. The second kappa shape index (κ2) is 12.2. The number of amides is 6. The third-order valence-corrected chi connectivity index (χ3v) is 2.95. The van der Waals surface area contributed by atoms with Gasteiger partial charge in [-0.3, -0.25) is 20.2 Å². The van der Waals surface area contributed by atoms with E-state index in [2.05, 4.69) is 0 Å². The summed E-state index contributed by atoms with van der Waals surface area (Å²) in [6.45, 7) is 0. The van der Waals surface area contributed by atoms with Crippen LogP contribution >= 0.6 is 0 Å². The summed E-state index contributed by atoms with van der Waals surface area (Å²) in [5, 5.41) is 3.85. The highest BCUT2D eigenvalue weighted by Crippen LogP contribution is 2.00. The molecule has 0 radical (unpaired) electrons. The number of hydrogen-bond donors (Lipinski definition) is 4. The SMILES string of the molecule is NC(=O)NC(=O)/C=C/c1ccccc1.NC(=O)NC(=O)/C=C/c1ccccc1. The lowest BCUT2D eigenvalue weighted by molar-refractivity contribution is -0.116. The molecular formula is C20H20N4O4. The average molecular weight is 380 g/mol. The zero-order valence-electron chi connectivity index (χ0n) is 14.9. The first-order valence-electron chi connectivity index (χ1n) is 8.04. The molecule has 0 atom stereocenters. The van der Waals surface area contributed by atoms with E-state index in [4.69, 9.17) is 11.5 Å². The Morgan fingerprint density at radius 3 is 1.21 bits per heavy atom. The van der Waals surface area contributed by atoms with Crippen LogP contribution in [0.5, 0.6) is 0 Å². The van der Waals surface area contributed by atoms with Crippen LogP contribution in [-0.4, -0.2) is 23.9 Å². The summed E-state index contributed by atoms with van der Waals surface area (Å²) < 4.78 is 0. The smallest absolute Gasteiger partial charge is 0.319 e. The van der Waals surface area contributed by atoms with E-state index >= 15 is 0 Å². The molecule has 0 saturated carbocycles. The van der Waals surface area contributed by atoms with Gasteiger partial charge < -0.3 is 11.5 Å². The zero-order chi connectivity index (χ0) is 20.8. The van der Waals surface area contributed by atoms with Crippen LogP contribution in [0.1, 0.15) is 11.1 Å². The molecular weight excluding hydrogens is 360 g/mol. The number of nitrogens with one attached hydrogen (secondary N) is 2. The van der Waals surface area contributed by atoms with E-state index in [-0.39, 0.29) is 0 Å². The Kier molecular flexibility index (Phi) is 9.52. The fourth-order valence-corrected chi connectivity index (χ4v) is 1.80. The summed E-state index contributed by atoms with van der Waals surface area (Å²) in [5.41, 5.74) is 11.3. The number of benzene rings is 2. The number of hydrogen-bond acceptors (Lipinski definition) is 4. The van der Waals surface area contributed by atoms with Crippen LogP contribution in [0.4, 0.5) is 9.59 Å². The van der Waals surface area contributed by atoms with Crippen molar-refractivity contribution in [2.45, 2.75) is 0 Å². The lowest BCUT2D eigenvalue weighted by atomic mass is 10.2. The monoisotopic (exact) mass is 380 g/mol. The highest BCUT2D eigenvalue weighted by atomic mass is 16.2. The maximum atomic E-state index is 10.9. The Balaban J connectivity index is 0.000000280. The minimum atomic E-state index is -0.854. The Labute approximate surface area is 161 Å². The topological polar surface area (TPSA) is 144 Å². The van der Waals surface area contributed by atoms with Crippen molar-refractivity contribution >= 4 is 36.0 Å². The van der Waals surface area contributed by atoms with Gasteiger partial charge in [-0.2, -0.15) is 0 Å². The van der Waals surface area contributed by atoms with Crippen molar-refractivity contribution in [1.82, 2.24) is 10.6 Å². The van der Waals surface area contributed by atoms with E-state index in [1.54, 1.807) is 12.2 Å². The molecule has 0 fully saturated rings. The summed E-state index contributed by atoms with van der Waals surface area (Å²) in [5.74, 6) is -1.05. The number of nitrogens with two attached hydrogens (primary N) is 2. The predicted octanol–water partition coefficient (Wildman–Crippen LogP) is 1.79. The number of primary amides is 2. The third-order valence-electron chi connectivity index (χ3n) is 2.95. The molecule has 0 spiro atoms. The van der Waals surface area contributed by atoms with E-state index in [1.807, 2.05) is 71.3 Å². The van der Waals surface area contributed by atoms with E-state index in [9.17, 15) is 19.2 Å². The van der Waals surface area contributed by atoms with Crippen LogP contribution in [0.2, 0.25) is 0 Å². The molecule has 0 bridgehead atoms. The summed E-state index contributed by atoms with van der Waals surface area (Å²) in [6, 6.07) is 16.8. The van der Waals surface area contributed by atoms with Gasteiger partial charge in [0.05, 0.1) is 0 Å². The zero-order valence-corrected chi connectivity index (χ0v) is 14.9. The van der Waals surface area contributed by atoms with Gasteiger partial charge >= 0.3 is 12.1 Å². The molecule has 6 N–H and O–H groups in total. The fourth-order valence-electron chi connectivity index (χ4n) is 1.80. The number of imide groups is 2. The summed E-state index contributed by atoms with van der Waals surface area (Å²) in [7, 11) is 0. The number of carbonyl (C=O) groups is 4. The van der Waals surface area contributed by atoms with Gasteiger partial charge in [0.15, 0.2) is 0 Å². The minimum Gasteiger partial charge on any atom is -0.351 e. The highest BCUT2D eigenvalue weighted by molar-refractivity contribution is 6.02. The molecule has 8 heteroatoms. The van der Waals surface area contributed by atoms with Crippen LogP contribution in [-0.2, 0) is 9.59 Å². The Morgan fingerprint density at radius 1 is 0.607 bits per heavy atom. The molecule has 0 unspecified atom stereocenters. The van der Waals surface area contributed by atoms with Crippen LogP contribution in [0.15, 0.2) is 72.8 Å². The molecule has 2 rings (SSSR count). The second-order valence-electron chi connectivity index (χ2n) is 5.20. The largest absolute Gasteiger partial charge is 0.351 e. The lowest BCUT2D eigenvalue weighted by Crippen LogP contribution is -2.33. The van der Waals surface area contributed by atoms with E-state index < -0.39 is 23.9 Å². The molecule has 6 amide bonds. The van der Waals surface area contributed by atoms with Crippen LogP contribution in [0, 0.1) is 0 Å². The molecule has 2 aromatic rings. The van der Waals surface area contributed by atoms with Gasteiger partial charge in [0.2, 0.25) is 0 Å². The molecule has 0 heterocycles. The van der Waals surface area contributed by atoms with Crippen LogP contribution in [0.25, 0.3) is 12.2 Å². The Bertz CT molecular complexity index is 789. The van der Waals surface area contributed by atoms with Crippen molar-refractivity contribution in [3.63, 3.8) is 0 Å². The molecule has 144 valence electrons. The van der Waals surface area contributed by atoms with Gasteiger partial charge in [0.25, 0.3) is 11.8 Å². The lowest BCUT2D eigenvalue weighted by Gasteiger charge is -1.93. The first-order chi connectivity index (χ1) is 13.4. The summed E-state index contributed by atoms with van der Waals surface area (Å²) in [6.07, 6.45) is 5.69. The number of carbonyl (C=O) groups excluding carboxylic acids is 4. The van der Waals surface area contributed by atoms with E-state index in [0.29, 0.717) is 0 Å². The molecule has 8 nitrogen and oxygen atoms in total. The number of rotatable bonds is 4. The fraction of sp³-hybridized carbons (Fsp3) is 0. The van der Waals surface area contributed by atoms with Gasteiger partial charge in [-0.1, -0.05) is 60.7 Å². The van der Waals surface area contributed by atoms with E-state index in [0.717, 1.165) is 11.1 Å². The quantitative estimate of drug-likeness (QED) is 0.599. The molecule has 28 heavy (non-hydrogen) atoms. The van der Waals surface area contributed by atoms with Gasteiger partial charge in [0.1, 0.15) is 0 Å². The van der Waals surface area contributed by atoms with Crippen molar-refractivity contribution < 1.29 is 19.2 Å². The Hall–Kier alpha value is -4.20. The molecule has 0 saturated heterocycles. The third kappa shape index (κ3) is 10.6. The van der Waals surface area contributed by atoms with Crippen molar-refractivity contribution in [2.24, 2.45) is 11.5 Å². The van der Waals surface area contributed by atoms with Gasteiger partial charge in [-0.15, -0.1) is 0 Å². The highest BCUT2D eigenvalue weighted by Gasteiger charge is 1.98. The minimum absolute atomic E-state index is 0.527. The van der Waals surface area contributed by atoms with Crippen LogP contribution in [0.3, 0.4) is 0 Å². The van der Waals surface area contributed by atoms with Gasteiger partial charge in [-0.25, -0.2) is 9.59 Å². The standard InChI is InChI=1S/2C10H10N2O2/c2*11-10(14)12-9(13)7-6-8-4-2-1-3-5-8/h2*1-7H,(H3,11,12,13,14)/b2*7-6+. The van der Waals surface area contributed by atoms with Gasteiger partial charge in [0, 0.05) is 12.2 Å². The van der Waals surface area contributed by atoms with Crippen molar-refractivity contribution in [3.05, 3.63) is 83.9 Å².